The van der Waals surface area contributed by atoms with Gasteiger partial charge in [0.1, 0.15) is 0 Å². The van der Waals surface area contributed by atoms with Gasteiger partial charge in [0, 0.05) is 18.3 Å². The number of aromatic nitrogens is 2. The summed E-state index contributed by atoms with van der Waals surface area (Å²) < 4.78 is 2.23. The largest absolute Gasteiger partial charge is 0.327 e. The predicted molar refractivity (Wildman–Crippen MR) is 82.4 cm³/mol. The van der Waals surface area contributed by atoms with Gasteiger partial charge >= 0.3 is 0 Å². The highest BCUT2D eigenvalue weighted by Gasteiger charge is 2.17. The van der Waals surface area contributed by atoms with E-state index in [-0.39, 0.29) is 6.04 Å². The molecule has 0 aliphatic carbocycles. The third kappa shape index (κ3) is 4.34. The Bertz CT molecular complexity index is 380. The number of hydrogen-bond donors (Lipinski definition) is 1. The first kappa shape index (κ1) is 16.2. The molecule has 3 heteroatoms. The molecule has 0 aliphatic heterocycles. The molecule has 0 saturated heterocycles. The van der Waals surface area contributed by atoms with Crippen LogP contribution in [0.4, 0.5) is 0 Å². The standard InChI is InChI=1S/C16H31N3/c1-6-13(17)11-14-15(7-2)18-19(16(14)8-3)10-9-12(4)5/h12-13H,6-11,17H2,1-5H3. The summed E-state index contributed by atoms with van der Waals surface area (Å²) in [6.07, 6.45) is 5.26. The fourth-order valence-electron chi connectivity index (χ4n) is 2.48. The number of aryl methyl sites for hydroxylation is 2. The molecular weight excluding hydrogens is 234 g/mol. The minimum Gasteiger partial charge on any atom is -0.327 e. The van der Waals surface area contributed by atoms with E-state index in [1.54, 1.807) is 0 Å². The van der Waals surface area contributed by atoms with Gasteiger partial charge in [0.2, 0.25) is 0 Å². The average Bonchev–Trinajstić information content (AvgIpc) is 2.73. The zero-order valence-corrected chi connectivity index (χ0v) is 13.4. The summed E-state index contributed by atoms with van der Waals surface area (Å²) in [7, 11) is 0. The van der Waals surface area contributed by atoms with Gasteiger partial charge in [-0.25, -0.2) is 0 Å². The first-order valence-electron chi connectivity index (χ1n) is 7.86. The highest BCUT2D eigenvalue weighted by molar-refractivity contribution is 5.28. The molecular formula is C16H31N3. The molecule has 1 aromatic heterocycles. The quantitative estimate of drug-likeness (QED) is 0.783. The van der Waals surface area contributed by atoms with Crippen LogP contribution in [0, 0.1) is 5.92 Å². The number of nitrogens with two attached hydrogens (primary N) is 1. The lowest BCUT2D eigenvalue weighted by Gasteiger charge is -2.12. The Labute approximate surface area is 118 Å². The summed E-state index contributed by atoms with van der Waals surface area (Å²) in [4.78, 5) is 0. The predicted octanol–water partition coefficient (Wildman–Crippen LogP) is 3.33. The average molecular weight is 265 g/mol. The van der Waals surface area contributed by atoms with E-state index in [1.807, 2.05) is 0 Å². The molecule has 19 heavy (non-hydrogen) atoms. The van der Waals surface area contributed by atoms with E-state index in [0.717, 1.165) is 38.1 Å². The van der Waals surface area contributed by atoms with E-state index in [1.165, 1.54) is 23.4 Å². The van der Waals surface area contributed by atoms with Crippen molar-refractivity contribution >= 4 is 0 Å². The highest BCUT2D eigenvalue weighted by Crippen LogP contribution is 2.19. The topological polar surface area (TPSA) is 43.8 Å². The van der Waals surface area contributed by atoms with Crippen LogP contribution < -0.4 is 5.73 Å². The maximum Gasteiger partial charge on any atom is 0.0657 e. The van der Waals surface area contributed by atoms with Crippen LogP contribution >= 0.6 is 0 Å². The number of hydrogen-bond acceptors (Lipinski definition) is 2. The molecule has 1 atom stereocenters. The van der Waals surface area contributed by atoms with Crippen LogP contribution in [0.25, 0.3) is 0 Å². The Kier molecular flexibility index (Phi) is 6.56. The van der Waals surface area contributed by atoms with Crippen LogP contribution in [-0.2, 0) is 25.8 Å². The summed E-state index contributed by atoms with van der Waals surface area (Å²) in [6.45, 7) is 12.1. The van der Waals surface area contributed by atoms with Crippen molar-refractivity contribution in [1.29, 1.82) is 0 Å². The maximum atomic E-state index is 6.15. The van der Waals surface area contributed by atoms with Gasteiger partial charge in [-0.05, 0) is 43.6 Å². The first-order chi connectivity index (χ1) is 9.03. The molecule has 0 aliphatic rings. The Morgan fingerprint density at radius 2 is 1.84 bits per heavy atom. The van der Waals surface area contributed by atoms with E-state index in [0.29, 0.717) is 0 Å². The number of rotatable bonds is 8. The molecule has 1 rings (SSSR count). The molecule has 1 aromatic rings. The fraction of sp³-hybridized carbons (Fsp3) is 0.812. The fourth-order valence-corrected chi connectivity index (χ4v) is 2.48. The second kappa shape index (κ2) is 7.68. The summed E-state index contributed by atoms with van der Waals surface area (Å²) in [5.41, 5.74) is 10.2. The van der Waals surface area contributed by atoms with Crippen LogP contribution in [0.5, 0.6) is 0 Å². The molecule has 3 nitrogen and oxygen atoms in total. The van der Waals surface area contributed by atoms with Crippen molar-refractivity contribution < 1.29 is 0 Å². The Morgan fingerprint density at radius 3 is 2.32 bits per heavy atom. The van der Waals surface area contributed by atoms with E-state index >= 15 is 0 Å². The zero-order valence-electron chi connectivity index (χ0n) is 13.4. The molecule has 2 N–H and O–H groups in total. The van der Waals surface area contributed by atoms with Gasteiger partial charge in [0.15, 0.2) is 0 Å². The Balaban J connectivity index is 2.99. The van der Waals surface area contributed by atoms with Crippen molar-refractivity contribution in [2.24, 2.45) is 11.7 Å². The van der Waals surface area contributed by atoms with E-state index < -0.39 is 0 Å². The van der Waals surface area contributed by atoms with Gasteiger partial charge in [0.25, 0.3) is 0 Å². The monoisotopic (exact) mass is 265 g/mol. The zero-order chi connectivity index (χ0) is 14.4. The van der Waals surface area contributed by atoms with Gasteiger partial charge in [0.05, 0.1) is 5.69 Å². The lowest BCUT2D eigenvalue weighted by Crippen LogP contribution is -2.22. The third-order valence-electron chi connectivity index (χ3n) is 3.83. The van der Waals surface area contributed by atoms with Gasteiger partial charge < -0.3 is 5.73 Å². The smallest absolute Gasteiger partial charge is 0.0657 e. The van der Waals surface area contributed by atoms with E-state index in [9.17, 15) is 0 Å². The highest BCUT2D eigenvalue weighted by atomic mass is 15.3. The molecule has 0 radical (unpaired) electrons. The third-order valence-corrected chi connectivity index (χ3v) is 3.83. The van der Waals surface area contributed by atoms with Crippen molar-refractivity contribution in [3.63, 3.8) is 0 Å². The molecule has 1 heterocycles. The van der Waals surface area contributed by atoms with Crippen LogP contribution in [0.1, 0.15) is 64.4 Å². The first-order valence-corrected chi connectivity index (χ1v) is 7.86. The Morgan fingerprint density at radius 1 is 1.16 bits per heavy atom. The lowest BCUT2D eigenvalue weighted by atomic mass is 10.00. The molecule has 110 valence electrons. The van der Waals surface area contributed by atoms with Crippen molar-refractivity contribution in [3.8, 4) is 0 Å². The van der Waals surface area contributed by atoms with E-state index in [2.05, 4.69) is 39.3 Å². The van der Waals surface area contributed by atoms with Gasteiger partial charge in [-0.2, -0.15) is 5.10 Å². The molecule has 0 fully saturated rings. The van der Waals surface area contributed by atoms with Crippen molar-refractivity contribution in [2.75, 3.05) is 0 Å². The van der Waals surface area contributed by atoms with E-state index in [4.69, 9.17) is 10.8 Å². The lowest BCUT2D eigenvalue weighted by molar-refractivity contribution is 0.474. The van der Waals surface area contributed by atoms with Gasteiger partial charge in [-0.1, -0.05) is 34.6 Å². The maximum absolute atomic E-state index is 6.15. The second-order valence-electron chi connectivity index (χ2n) is 5.86. The van der Waals surface area contributed by atoms with Crippen molar-refractivity contribution in [1.82, 2.24) is 9.78 Å². The van der Waals surface area contributed by atoms with Gasteiger partial charge in [-0.15, -0.1) is 0 Å². The minimum atomic E-state index is 0.262. The second-order valence-corrected chi connectivity index (χ2v) is 5.86. The summed E-state index contributed by atoms with van der Waals surface area (Å²) in [5, 5.41) is 4.82. The van der Waals surface area contributed by atoms with Crippen LogP contribution in [0.15, 0.2) is 0 Å². The molecule has 0 saturated carbocycles. The molecule has 0 aromatic carbocycles. The van der Waals surface area contributed by atoms with Crippen LogP contribution in [0.2, 0.25) is 0 Å². The molecule has 0 amide bonds. The molecule has 1 unspecified atom stereocenters. The minimum absolute atomic E-state index is 0.262. The van der Waals surface area contributed by atoms with Crippen molar-refractivity contribution in [3.05, 3.63) is 17.0 Å². The molecule has 0 spiro atoms. The molecule has 0 bridgehead atoms. The SMILES string of the molecule is CCc1nn(CCC(C)C)c(CC)c1CC(N)CC. The summed E-state index contributed by atoms with van der Waals surface area (Å²) >= 11 is 0. The normalized spacial score (nSPS) is 13.2. The van der Waals surface area contributed by atoms with Crippen molar-refractivity contribution in [2.45, 2.75) is 79.3 Å². The van der Waals surface area contributed by atoms with Gasteiger partial charge in [-0.3, -0.25) is 4.68 Å². The van der Waals surface area contributed by atoms with Crippen LogP contribution in [0.3, 0.4) is 0 Å². The van der Waals surface area contributed by atoms with Crippen LogP contribution in [-0.4, -0.2) is 15.8 Å². The summed E-state index contributed by atoms with van der Waals surface area (Å²) in [5.74, 6) is 0.723. The number of nitrogens with zero attached hydrogens (tertiary/aromatic N) is 2. The Hall–Kier alpha value is -0.830. The summed E-state index contributed by atoms with van der Waals surface area (Å²) in [6, 6.07) is 0.262.